The predicted molar refractivity (Wildman–Crippen MR) is 120 cm³/mol. The van der Waals surface area contributed by atoms with Gasteiger partial charge in [-0.3, -0.25) is 19.5 Å². The van der Waals surface area contributed by atoms with Gasteiger partial charge in [0.25, 0.3) is 5.91 Å². The van der Waals surface area contributed by atoms with Gasteiger partial charge in [0, 0.05) is 45.1 Å². The molecule has 0 spiro atoms. The second-order valence-corrected chi connectivity index (χ2v) is 8.09. The van der Waals surface area contributed by atoms with Crippen LogP contribution in [0.3, 0.4) is 0 Å². The molecule has 1 aromatic carbocycles. The predicted octanol–water partition coefficient (Wildman–Crippen LogP) is 2.58. The highest BCUT2D eigenvalue weighted by atomic mass is 16.5. The van der Waals surface area contributed by atoms with Gasteiger partial charge in [0.15, 0.2) is 0 Å². The van der Waals surface area contributed by atoms with E-state index in [2.05, 4.69) is 21.3 Å². The van der Waals surface area contributed by atoms with E-state index >= 15 is 0 Å². The lowest BCUT2D eigenvalue weighted by molar-refractivity contribution is -0.136. The number of ether oxygens (including phenoxy) is 1. The fraction of sp³-hybridized carbons (Fsp3) is 0.458. The Bertz CT molecular complexity index is 864. The molecule has 2 heterocycles. The summed E-state index contributed by atoms with van der Waals surface area (Å²) >= 11 is 0. The van der Waals surface area contributed by atoms with Gasteiger partial charge >= 0.3 is 0 Å². The molecule has 166 valence electrons. The van der Waals surface area contributed by atoms with E-state index in [0.717, 1.165) is 19.6 Å². The minimum absolute atomic E-state index is 0.0240. The van der Waals surface area contributed by atoms with Gasteiger partial charge in [-0.25, -0.2) is 0 Å². The fourth-order valence-corrected chi connectivity index (χ4v) is 3.74. The zero-order chi connectivity index (χ0) is 22.2. The van der Waals surface area contributed by atoms with Crippen LogP contribution < -0.4 is 10.1 Å². The molecule has 31 heavy (non-hydrogen) atoms. The van der Waals surface area contributed by atoms with Crippen LogP contribution in [0.5, 0.6) is 5.75 Å². The number of benzene rings is 1. The SMILES string of the molecule is CCOc1ccccc1C(=O)NC(C(=O)N1CCN(Cc2cccnc2)CC1)C(C)C. The Labute approximate surface area is 184 Å². The summed E-state index contributed by atoms with van der Waals surface area (Å²) in [6, 6.07) is 10.5. The zero-order valence-electron chi connectivity index (χ0n) is 18.6. The number of carbonyl (C=O) groups excluding carboxylic acids is 2. The van der Waals surface area contributed by atoms with Crippen molar-refractivity contribution in [1.82, 2.24) is 20.1 Å². The Hall–Kier alpha value is -2.93. The molecule has 0 saturated carbocycles. The van der Waals surface area contributed by atoms with Crippen molar-refractivity contribution in [3.63, 3.8) is 0 Å². The first kappa shape index (κ1) is 22.7. The molecule has 2 aromatic rings. The normalized spacial score (nSPS) is 15.5. The Balaban J connectivity index is 1.60. The monoisotopic (exact) mass is 424 g/mol. The van der Waals surface area contributed by atoms with Crippen molar-refractivity contribution in [2.45, 2.75) is 33.4 Å². The zero-order valence-corrected chi connectivity index (χ0v) is 18.6. The average molecular weight is 425 g/mol. The van der Waals surface area contributed by atoms with Gasteiger partial charge < -0.3 is 15.0 Å². The molecule has 3 rings (SSSR count). The molecule has 1 N–H and O–H groups in total. The molecule has 1 aromatic heterocycles. The number of hydrogen-bond acceptors (Lipinski definition) is 5. The van der Waals surface area contributed by atoms with Crippen molar-refractivity contribution in [1.29, 1.82) is 0 Å². The van der Waals surface area contributed by atoms with Crippen LogP contribution >= 0.6 is 0 Å². The number of pyridine rings is 1. The first-order valence-electron chi connectivity index (χ1n) is 10.9. The van der Waals surface area contributed by atoms with E-state index in [1.165, 1.54) is 5.56 Å². The maximum Gasteiger partial charge on any atom is 0.255 e. The number of para-hydroxylation sites is 1. The Kier molecular flexibility index (Phi) is 8.00. The lowest BCUT2D eigenvalue weighted by Crippen LogP contribution is -2.56. The number of hydrogen-bond donors (Lipinski definition) is 1. The molecule has 1 saturated heterocycles. The number of aromatic nitrogens is 1. The van der Waals surface area contributed by atoms with E-state index in [1.807, 2.05) is 44.0 Å². The van der Waals surface area contributed by atoms with Crippen LogP contribution in [0.15, 0.2) is 48.8 Å². The van der Waals surface area contributed by atoms with Gasteiger partial charge in [-0.15, -0.1) is 0 Å². The second kappa shape index (κ2) is 10.9. The molecule has 0 aliphatic carbocycles. The summed E-state index contributed by atoms with van der Waals surface area (Å²) in [6.45, 7) is 9.98. The van der Waals surface area contributed by atoms with Crippen molar-refractivity contribution in [2.75, 3.05) is 32.8 Å². The van der Waals surface area contributed by atoms with Crippen molar-refractivity contribution >= 4 is 11.8 Å². The van der Waals surface area contributed by atoms with E-state index in [9.17, 15) is 9.59 Å². The van der Waals surface area contributed by atoms with Gasteiger partial charge in [-0.2, -0.15) is 0 Å². The number of amides is 2. The van der Waals surface area contributed by atoms with E-state index in [4.69, 9.17) is 4.74 Å². The molecule has 0 bridgehead atoms. The third-order valence-electron chi connectivity index (χ3n) is 5.46. The molecule has 1 fully saturated rings. The maximum absolute atomic E-state index is 13.2. The first-order chi connectivity index (χ1) is 15.0. The third kappa shape index (κ3) is 6.04. The molecular formula is C24H32N4O3. The summed E-state index contributed by atoms with van der Waals surface area (Å²) in [5.41, 5.74) is 1.62. The average Bonchev–Trinajstić information content (AvgIpc) is 2.78. The highest BCUT2D eigenvalue weighted by Gasteiger charge is 2.31. The molecule has 0 radical (unpaired) electrons. The van der Waals surface area contributed by atoms with Gasteiger partial charge in [0.1, 0.15) is 11.8 Å². The van der Waals surface area contributed by atoms with Crippen LogP contribution in [-0.2, 0) is 11.3 Å². The van der Waals surface area contributed by atoms with Crippen molar-refractivity contribution in [3.05, 3.63) is 59.9 Å². The van der Waals surface area contributed by atoms with Gasteiger partial charge in [0.05, 0.1) is 12.2 Å². The van der Waals surface area contributed by atoms with E-state index in [0.29, 0.717) is 31.0 Å². The van der Waals surface area contributed by atoms with Gasteiger partial charge in [-0.1, -0.05) is 32.0 Å². The molecule has 1 atom stereocenters. The summed E-state index contributed by atoms with van der Waals surface area (Å²) in [7, 11) is 0. The highest BCUT2D eigenvalue weighted by molar-refractivity contribution is 5.99. The first-order valence-corrected chi connectivity index (χ1v) is 10.9. The summed E-state index contributed by atoms with van der Waals surface area (Å²) in [5.74, 6) is 0.190. The van der Waals surface area contributed by atoms with Crippen LogP contribution in [0.4, 0.5) is 0 Å². The minimum atomic E-state index is -0.577. The standard InChI is InChI=1S/C24H32N4O3/c1-4-31-21-10-6-5-9-20(21)23(29)26-22(18(2)3)24(30)28-14-12-27(13-15-28)17-19-8-7-11-25-16-19/h5-11,16,18,22H,4,12-15,17H2,1-3H3,(H,26,29). The Morgan fingerprint density at radius 3 is 2.48 bits per heavy atom. The third-order valence-corrected chi connectivity index (χ3v) is 5.46. The quantitative estimate of drug-likeness (QED) is 0.705. The molecule has 2 amide bonds. The van der Waals surface area contributed by atoms with Crippen LogP contribution in [0.25, 0.3) is 0 Å². The Morgan fingerprint density at radius 1 is 1.10 bits per heavy atom. The smallest absolute Gasteiger partial charge is 0.255 e. The maximum atomic E-state index is 13.2. The van der Waals surface area contributed by atoms with Crippen LogP contribution in [0.1, 0.15) is 36.7 Å². The molecule has 1 aliphatic heterocycles. The second-order valence-electron chi connectivity index (χ2n) is 8.09. The summed E-state index contributed by atoms with van der Waals surface area (Å²) < 4.78 is 5.57. The Morgan fingerprint density at radius 2 is 1.84 bits per heavy atom. The summed E-state index contributed by atoms with van der Waals surface area (Å²) in [5, 5.41) is 2.95. The number of rotatable bonds is 8. The number of nitrogens with zero attached hydrogens (tertiary/aromatic N) is 3. The number of nitrogens with one attached hydrogen (secondary N) is 1. The summed E-state index contributed by atoms with van der Waals surface area (Å²) in [6.07, 6.45) is 3.65. The fourth-order valence-electron chi connectivity index (χ4n) is 3.74. The van der Waals surface area contributed by atoms with Crippen molar-refractivity contribution in [2.24, 2.45) is 5.92 Å². The number of piperazine rings is 1. The highest BCUT2D eigenvalue weighted by Crippen LogP contribution is 2.19. The van der Waals surface area contributed by atoms with Gasteiger partial charge in [0.2, 0.25) is 5.91 Å². The van der Waals surface area contributed by atoms with Crippen LogP contribution in [0.2, 0.25) is 0 Å². The van der Waals surface area contributed by atoms with Crippen LogP contribution in [-0.4, -0.2) is 65.4 Å². The van der Waals surface area contributed by atoms with Crippen molar-refractivity contribution in [3.8, 4) is 5.75 Å². The molecule has 7 heteroatoms. The van der Waals surface area contributed by atoms with Crippen LogP contribution in [0, 0.1) is 5.92 Å². The molecule has 1 unspecified atom stereocenters. The van der Waals surface area contributed by atoms with E-state index in [1.54, 1.807) is 24.4 Å². The van der Waals surface area contributed by atoms with E-state index in [-0.39, 0.29) is 17.7 Å². The molecular weight excluding hydrogens is 392 g/mol. The lowest BCUT2D eigenvalue weighted by atomic mass is 10.0. The number of carbonyl (C=O) groups is 2. The largest absolute Gasteiger partial charge is 0.493 e. The summed E-state index contributed by atoms with van der Waals surface area (Å²) in [4.78, 5) is 34.5. The van der Waals surface area contributed by atoms with Crippen molar-refractivity contribution < 1.29 is 14.3 Å². The minimum Gasteiger partial charge on any atom is -0.493 e. The van der Waals surface area contributed by atoms with E-state index < -0.39 is 6.04 Å². The molecule has 7 nitrogen and oxygen atoms in total. The molecule has 1 aliphatic rings. The topological polar surface area (TPSA) is 74.8 Å². The van der Waals surface area contributed by atoms with Gasteiger partial charge in [-0.05, 0) is 36.6 Å². The lowest BCUT2D eigenvalue weighted by Gasteiger charge is -2.37.